The van der Waals surface area contributed by atoms with E-state index in [-0.39, 0.29) is 5.96 Å². The molecule has 9 heteroatoms. The number of hydrogen-bond donors (Lipinski definition) is 5. The molecule has 8 nitrogen and oxygen atoms in total. The van der Waals surface area contributed by atoms with Gasteiger partial charge < -0.3 is 16.0 Å². The first kappa shape index (κ1) is 14.1. The van der Waals surface area contributed by atoms with Gasteiger partial charge in [0.15, 0.2) is 5.96 Å². The maximum Gasteiger partial charge on any atom is 0.394 e. The van der Waals surface area contributed by atoms with E-state index in [4.69, 9.17) is 28.7 Å². The van der Waals surface area contributed by atoms with Crippen molar-refractivity contribution in [1.82, 2.24) is 10.2 Å². The highest BCUT2D eigenvalue weighted by molar-refractivity contribution is 7.79. The summed E-state index contributed by atoms with van der Waals surface area (Å²) in [5.74, 6) is 0.198. The summed E-state index contributed by atoms with van der Waals surface area (Å²) in [7, 11) is -4.67. The highest BCUT2D eigenvalue weighted by Gasteiger charge is 2.07. The van der Waals surface area contributed by atoms with E-state index >= 15 is 0 Å². The fourth-order valence-corrected chi connectivity index (χ4v) is 1.09. The molecular formula is C6H16N4O4S. The second-order valence-electron chi connectivity index (χ2n) is 2.92. The third kappa shape index (κ3) is 11.0. The molecule has 0 aromatic carbocycles. The highest BCUT2D eigenvalue weighted by Crippen LogP contribution is 1.92. The van der Waals surface area contributed by atoms with Crippen LogP contribution >= 0.6 is 0 Å². The van der Waals surface area contributed by atoms with E-state index in [1.165, 1.54) is 0 Å². The minimum Gasteiger partial charge on any atom is -0.370 e. The van der Waals surface area contributed by atoms with Crippen molar-refractivity contribution >= 4 is 16.4 Å². The maximum absolute atomic E-state index is 8.74. The Morgan fingerprint density at radius 1 is 1.33 bits per heavy atom. The van der Waals surface area contributed by atoms with Crippen molar-refractivity contribution in [3.63, 3.8) is 0 Å². The maximum atomic E-state index is 8.74. The Bertz CT molecular complexity index is 276. The predicted octanol–water partition coefficient (Wildman–Crippen LogP) is -1.48. The Morgan fingerprint density at radius 3 is 2.33 bits per heavy atom. The first-order chi connectivity index (χ1) is 6.80. The van der Waals surface area contributed by atoms with Gasteiger partial charge in [0.25, 0.3) is 0 Å². The molecule has 0 unspecified atom stereocenters. The zero-order chi connectivity index (χ0) is 11.9. The van der Waals surface area contributed by atoms with E-state index in [1.807, 2.05) is 4.90 Å². The summed E-state index contributed by atoms with van der Waals surface area (Å²) < 4.78 is 31.6. The van der Waals surface area contributed by atoms with Gasteiger partial charge in [-0.3, -0.25) is 14.5 Å². The lowest BCUT2D eigenvalue weighted by Crippen LogP contribution is -2.38. The molecule has 15 heavy (non-hydrogen) atoms. The highest BCUT2D eigenvalue weighted by atomic mass is 32.3. The Hall–Kier alpha value is -0.900. The number of rotatable bonds is 0. The summed E-state index contributed by atoms with van der Waals surface area (Å²) in [6, 6.07) is 0. The summed E-state index contributed by atoms with van der Waals surface area (Å²) >= 11 is 0. The largest absolute Gasteiger partial charge is 0.394 e. The van der Waals surface area contributed by atoms with Gasteiger partial charge in [-0.2, -0.15) is 8.42 Å². The first-order valence-electron chi connectivity index (χ1n) is 4.30. The number of nitrogens with one attached hydrogen (secondary N) is 2. The van der Waals surface area contributed by atoms with Crippen molar-refractivity contribution < 1.29 is 17.5 Å². The van der Waals surface area contributed by atoms with Crippen molar-refractivity contribution in [2.24, 2.45) is 5.73 Å². The van der Waals surface area contributed by atoms with E-state index in [9.17, 15) is 0 Å². The number of nitrogens with zero attached hydrogens (tertiary/aromatic N) is 1. The Kier molecular flexibility index (Phi) is 6.17. The van der Waals surface area contributed by atoms with Crippen molar-refractivity contribution in [2.45, 2.75) is 6.42 Å². The standard InChI is InChI=1S/C6H14N4.H2O4S/c7-6(8)10-4-1-2-9-3-5-10;1-5(2,3)4/h9H,1-5H2,(H3,7,8);(H2,1,2,3,4). The lowest BCUT2D eigenvalue weighted by Gasteiger charge is -2.18. The lowest BCUT2D eigenvalue weighted by molar-refractivity contribution is 0.381. The molecule has 0 aromatic rings. The van der Waals surface area contributed by atoms with Crippen LogP contribution in [0.1, 0.15) is 6.42 Å². The van der Waals surface area contributed by atoms with E-state index in [0.717, 1.165) is 32.6 Å². The molecule has 1 rings (SSSR count). The molecule has 0 atom stereocenters. The monoisotopic (exact) mass is 240 g/mol. The van der Waals surface area contributed by atoms with Crippen molar-refractivity contribution in [1.29, 1.82) is 5.41 Å². The van der Waals surface area contributed by atoms with Crippen LogP contribution in [0.15, 0.2) is 0 Å². The second kappa shape index (κ2) is 6.56. The summed E-state index contributed by atoms with van der Waals surface area (Å²) in [6.45, 7) is 3.78. The van der Waals surface area contributed by atoms with Crippen LogP contribution in [0.25, 0.3) is 0 Å². The topological polar surface area (TPSA) is 140 Å². The van der Waals surface area contributed by atoms with Crippen LogP contribution in [-0.4, -0.2) is 54.6 Å². The molecule has 0 bridgehead atoms. The molecule has 0 spiro atoms. The first-order valence-corrected chi connectivity index (χ1v) is 5.70. The normalized spacial score (nSPS) is 17.3. The van der Waals surface area contributed by atoms with Gasteiger partial charge in [-0.1, -0.05) is 0 Å². The van der Waals surface area contributed by atoms with Crippen LogP contribution in [0.3, 0.4) is 0 Å². The molecule has 1 aliphatic rings. The van der Waals surface area contributed by atoms with Gasteiger partial charge in [0.2, 0.25) is 0 Å². The van der Waals surface area contributed by atoms with Gasteiger partial charge in [-0.15, -0.1) is 0 Å². The molecule has 0 aliphatic carbocycles. The minimum absolute atomic E-state index is 0.198. The van der Waals surface area contributed by atoms with Gasteiger partial charge in [0.1, 0.15) is 0 Å². The Morgan fingerprint density at radius 2 is 1.87 bits per heavy atom. The molecule has 0 amide bonds. The molecule has 0 saturated carbocycles. The average molecular weight is 240 g/mol. The van der Waals surface area contributed by atoms with E-state index in [2.05, 4.69) is 5.32 Å². The quantitative estimate of drug-likeness (QED) is 0.198. The van der Waals surface area contributed by atoms with Crippen molar-refractivity contribution in [3.8, 4) is 0 Å². The molecule has 0 radical (unpaired) electrons. The molecule has 0 aromatic heterocycles. The molecule has 90 valence electrons. The van der Waals surface area contributed by atoms with Crippen LogP contribution in [0.4, 0.5) is 0 Å². The smallest absolute Gasteiger partial charge is 0.370 e. The predicted molar refractivity (Wildman–Crippen MR) is 55.2 cm³/mol. The van der Waals surface area contributed by atoms with Gasteiger partial charge >= 0.3 is 10.4 Å². The van der Waals surface area contributed by atoms with Crippen LogP contribution < -0.4 is 11.1 Å². The number of hydrogen-bond acceptors (Lipinski definition) is 4. The van der Waals surface area contributed by atoms with Crippen LogP contribution in [-0.2, 0) is 10.4 Å². The number of nitrogens with two attached hydrogens (primary N) is 1. The molecule has 1 aliphatic heterocycles. The van der Waals surface area contributed by atoms with Gasteiger partial charge in [0.05, 0.1) is 0 Å². The summed E-state index contributed by atoms with van der Waals surface area (Å²) in [6.07, 6.45) is 1.08. The fraction of sp³-hybridized carbons (Fsp3) is 0.833. The Labute approximate surface area is 88.5 Å². The SMILES string of the molecule is N=C(N)N1CCCNCC1.O=S(=O)(O)O. The molecule has 6 N–H and O–H groups in total. The van der Waals surface area contributed by atoms with Crippen LogP contribution in [0, 0.1) is 5.41 Å². The summed E-state index contributed by atoms with van der Waals surface area (Å²) in [5.41, 5.74) is 5.32. The molecular weight excluding hydrogens is 224 g/mol. The Balaban J connectivity index is 0.000000336. The van der Waals surface area contributed by atoms with E-state index < -0.39 is 10.4 Å². The van der Waals surface area contributed by atoms with Crippen molar-refractivity contribution in [2.75, 3.05) is 26.2 Å². The third-order valence-corrected chi connectivity index (χ3v) is 1.68. The lowest BCUT2D eigenvalue weighted by atomic mass is 10.4. The van der Waals surface area contributed by atoms with Crippen molar-refractivity contribution in [3.05, 3.63) is 0 Å². The second-order valence-corrected chi connectivity index (χ2v) is 3.82. The van der Waals surface area contributed by atoms with Crippen LogP contribution in [0.5, 0.6) is 0 Å². The minimum atomic E-state index is -4.67. The van der Waals surface area contributed by atoms with E-state index in [0.29, 0.717) is 0 Å². The van der Waals surface area contributed by atoms with Gasteiger partial charge in [-0.05, 0) is 13.0 Å². The van der Waals surface area contributed by atoms with Crippen LogP contribution in [0.2, 0.25) is 0 Å². The third-order valence-electron chi connectivity index (χ3n) is 1.68. The number of guanidine groups is 1. The molecule has 1 fully saturated rings. The summed E-state index contributed by atoms with van der Waals surface area (Å²) in [5, 5.41) is 10.4. The summed E-state index contributed by atoms with van der Waals surface area (Å²) in [4.78, 5) is 1.89. The van der Waals surface area contributed by atoms with Gasteiger partial charge in [0, 0.05) is 19.6 Å². The van der Waals surface area contributed by atoms with E-state index in [1.54, 1.807) is 0 Å². The molecule has 1 heterocycles. The van der Waals surface area contributed by atoms with Gasteiger partial charge in [-0.25, -0.2) is 0 Å². The zero-order valence-electron chi connectivity index (χ0n) is 8.18. The zero-order valence-corrected chi connectivity index (χ0v) is 9.00. The fourth-order valence-electron chi connectivity index (χ4n) is 1.09. The average Bonchev–Trinajstić information content (AvgIpc) is 2.27. The molecule has 1 saturated heterocycles.